The van der Waals surface area contributed by atoms with Crippen molar-refractivity contribution in [3.05, 3.63) is 0 Å². The molecule has 1 saturated heterocycles. The minimum atomic E-state index is -0.255. The van der Waals surface area contributed by atoms with Gasteiger partial charge in [0.15, 0.2) is 0 Å². The number of cyclic esters (lactones) is 1. The van der Waals surface area contributed by atoms with Gasteiger partial charge >= 0.3 is 5.97 Å². The van der Waals surface area contributed by atoms with Crippen LogP contribution in [0.4, 0.5) is 0 Å². The van der Waals surface area contributed by atoms with Crippen LogP contribution in [0.3, 0.4) is 0 Å². The zero-order valence-corrected chi connectivity index (χ0v) is 6.91. The molecule has 1 rings (SSSR count). The van der Waals surface area contributed by atoms with E-state index in [9.17, 15) is 4.79 Å². The number of carbonyl (C=O) groups is 1. The Morgan fingerprint density at radius 1 is 1.73 bits per heavy atom. The summed E-state index contributed by atoms with van der Waals surface area (Å²) in [5.41, 5.74) is 0. The number of esters is 1. The SMILES string of the molecule is CC(C)[C@@H]1C[C@@H](CO)OC1=O. The van der Waals surface area contributed by atoms with Gasteiger partial charge in [0.1, 0.15) is 6.10 Å². The maximum Gasteiger partial charge on any atom is 0.309 e. The summed E-state index contributed by atoms with van der Waals surface area (Å²) in [7, 11) is 0. The Hall–Kier alpha value is -0.570. The van der Waals surface area contributed by atoms with E-state index in [4.69, 9.17) is 9.84 Å². The van der Waals surface area contributed by atoms with Crippen molar-refractivity contribution in [2.75, 3.05) is 6.61 Å². The molecule has 3 nitrogen and oxygen atoms in total. The van der Waals surface area contributed by atoms with Crippen molar-refractivity contribution in [3.63, 3.8) is 0 Å². The van der Waals surface area contributed by atoms with Crippen LogP contribution in [0, 0.1) is 11.8 Å². The first kappa shape index (κ1) is 8.53. The van der Waals surface area contributed by atoms with E-state index in [2.05, 4.69) is 0 Å². The first-order chi connectivity index (χ1) is 5.15. The smallest absolute Gasteiger partial charge is 0.309 e. The third-order valence-electron chi connectivity index (χ3n) is 2.11. The zero-order chi connectivity index (χ0) is 8.43. The quantitative estimate of drug-likeness (QED) is 0.597. The molecule has 11 heavy (non-hydrogen) atoms. The fourth-order valence-electron chi connectivity index (χ4n) is 1.34. The summed E-state index contributed by atoms with van der Waals surface area (Å²) in [6, 6.07) is 0. The van der Waals surface area contributed by atoms with Crippen molar-refractivity contribution in [1.82, 2.24) is 0 Å². The highest BCUT2D eigenvalue weighted by Gasteiger charge is 2.35. The molecular formula is C8H14O3. The van der Waals surface area contributed by atoms with Gasteiger partial charge in [0.05, 0.1) is 12.5 Å². The van der Waals surface area contributed by atoms with E-state index >= 15 is 0 Å². The van der Waals surface area contributed by atoms with Gasteiger partial charge in [-0.3, -0.25) is 4.79 Å². The summed E-state index contributed by atoms with van der Waals surface area (Å²) < 4.78 is 4.90. The molecule has 64 valence electrons. The predicted molar refractivity (Wildman–Crippen MR) is 39.9 cm³/mol. The fraction of sp³-hybridized carbons (Fsp3) is 0.875. The molecule has 0 aromatic heterocycles. The molecule has 1 N–H and O–H groups in total. The highest BCUT2D eigenvalue weighted by molar-refractivity contribution is 5.74. The van der Waals surface area contributed by atoms with E-state index in [1.54, 1.807) is 0 Å². The van der Waals surface area contributed by atoms with E-state index in [1.165, 1.54) is 0 Å². The lowest BCUT2D eigenvalue weighted by atomic mass is 9.93. The van der Waals surface area contributed by atoms with Crippen LogP contribution in [0.25, 0.3) is 0 Å². The number of rotatable bonds is 2. The Morgan fingerprint density at radius 2 is 2.36 bits per heavy atom. The predicted octanol–water partition coefficient (Wildman–Crippen LogP) is 0.566. The molecule has 0 aliphatic carbocycles. The van der Waals surface area contributed by atoms with Gasteiger partial charge in [0, 0.05) is 6.42 Å². The third-order valence-corrected chi connectivity index (χ3v) is 2.11. The van der Waals surface area contributed by atoms with Crippen LogP contribution in [-0.4, -0.2) is 23.8 Å². The number of hydrogen-bond donors (Lipinski definition) is 1. The van der Waals surface area contributed by atoms with Crippen LogP contribution in [-0.2, 0) is 9.53 Å². The minimum absolute atomic E-state index is 0.00727. The van der Waals surface area contributed by atoms with Gasteiger partial charge < -0.3 is 9.84 Å². The van der Waals surface area contributed by atoms with Gasteiger partial charge in [-0.1, -0.05) is 13.8 Å². The monoisotopic (exact) mass is 158 g/mol. The summed E-state index contributed by atoms with van der Waals surface area (Å²) in [5, 5.41) is 8.71. The van der Waals surface area contributed by atoms with E-state index in [1.807, 2.05) is 13.8 Å². The average Bonchev–Trinajstić information content (AvgIpc) is 2.30. The number of aliphatic hydroxyl groups excluding tert-OH is 1. The molecule has 0 spiro atoms. The zero-order valence-electron chi connectivity index (χ0n) is 6.91. The maximum absolute atomic E-state index is 11.1. The Labute approximate surface area is 66.4 Å². The molecule has 0 saturated carbocycles. The summed E-state index contributed by atoms with van der Waals surface area (Å²) in [6.07, 6.45) is 0.419. The van der Waals surface area contributed by atoms with Gasteiger partial charge in [-0.2, -0.15) is 0 Å². The Kier molecular flexibility index (Phi) is 2.49. The van der Waals surface area contributed by atoms with Crippen LogP contribution >= 0.6 is 0 Å². The molecule has 1 heterocycles. The van der Waals surface area contributed by atoms with Crippen molar-refractivity contribution < 1.29 is 14.6 Å². The maximum atomic E-state index is 11.1. The van der Waals surface area contributed by atoms with Crippen LogP contribution in [0.5, 0.6) is 0 Å². The molecular weight excluding hydrogens is 144 g/mol. The van der Waals surface area contributed by atoms with Crippen molar-refractivity contribution in [3.8, 4) is 0 Å². The lowest BCUT2D eigenvalue weighted by Gasteiger charge is -2.07. The van der Waals surface area contributed by atoms with Crippen LogP contribution < -0.4 is 0 Å². The van der Waals surface area contributed by atoms with Crippen molar-refractivity contribution in [2.45, 2.75) is 26.4 Å². The molecule has 0 bridgehead atoms. The molecule has 0 aromatic rings. The molecule has 0 amide bonds. The Morgan fingerprint density at radius 3 is 2.64 bits per heavy atom. The Bertz CT molecular complexity index is 153. The second-order valence-corrected chi connectivity index (χ2v) is 3.33. The van der Waals surface area contributed by atoms with Crippen LogP contribution in [0.1, 0.15) is 20.3 Å². The molecule has 1 aliphatic heterocycles. The first-order valence-corrected chi connectivity index (χ1v) is 3.96. The normalized spacial score (nSPS) is 31.1. The minimum Gasteiger partial charge on any atom is -0.460 e. The number of hydrogen-bond acceptors (Lipinski definition) is 3. The number of carbonyl (C=O) groups excluding carboxylic acids is 1. The summed E-state index contributed by atoms with van der Waals surface area (Å²) >= 11 is 0. The number of ether oxygens (including phenoxy) is 1. The van der Waals surface area contributed by atoms with Gasteiger partial charge in [-0.15, -0.1) is 0 Å². The second-order valence-electron chi connectivity index (χ2n) is 3.33. The first-order valence-electron chi connectivity index (χ1n) is 3.96. The van der Waals surface area contributed by atoms with Crippen molar-refractivity contribution >= 4 is 5.97 Å². The summed E-state index contributed by atoms with van der Waals surface area (Å²) in [5.74, 6) is 0.158. The molecule has 2 atom stereocenters. The molecule has 3 heteroatoms. The van der Waals surface area contributed by atoms with E-state index < -0.39 is 0 Å². The lowest BCUT2D eigenvalue weighted by Crippen LogP contribution is -2.13. The van der Waals surface area contributed by atoms with Crippen molar-refractivity contribution in [2.24, 2.45) is 11.8 Å². The summed E-state index contributed by atoms with van der Waals surface area (Å²) in [4.78, 5) is 11.1. The van der Waals surface area contributed by atoms with Gasteiger partial charge in [-0.05, 0) is 5.92 Å². The van der Waals surface area contributed by atoms with E-state index in [0.717, 1.165) is 0 Å². The van der Waals surface area contributed by atoms with Crippen LogP contribution in [0.15, 0.2) is 0 Å². The largest absolute Gasteiger partial charge is 0.460 e. The van der Waals surface area contributed by atoms with Gasteiger partial charge in [0.2, 0.25) is 0 Å². The highest BCUT2D eigenvalue weighted by atomic mass is 16.6. The van der Waals surface area contributed by atoms with Gasteiger partial charge in [-0.25, -0.2) is 0 Å². The second kappa shape index (κ2) is 3.22. The Balaban J connectivity index is 2.52. The molecule has 0 unspecified atom stereocenters. The summed E-state index contributed by atoms with van der Waals surface area (Å²) in [6.45, 7) is 3.94. The third kappa shape index (κ3) is 1.71. The molecule has 0 radical (unpaired) electrons. The topological polar surface area (TPSA) is 46.5 Å². The van der Waals surface area contributed by atoms with Crippen molar-refractivity contribution in [1.29, 1.82) is 0 Å². The van der Waals surface area contributed by atoms with Gasteiger partial charge in [0.25, 0.3) is 0 Å². The standard InChI is InChI=1S/C8H14O3/c1-5(2)7-3-6(4-9)11-8(7)10/h5-7,9H,3-4H2,1-2H3/t6-,7-/m0/s1. The van der Waals surface area contributed by atoms with Crippen LogP contribution in [0.2, 0.25) is 0 Å². The molecule has 1 fully saturated rings. The van der Waals surface area contributed by atoms with E-state index in [-0.39, 0.29) is 24.6 Å². The fourth-order valence-corrected chi connectivity index (χ4v) is 1.34. The highest BCUT2D eigenvalue weighted by Crippen LogP contribution is 2.26. The van der Waals surface area contributed by atoms with E-state index in [0.29, 0.717) is 12.3 Å². The number of aliphatic hydroxyl groups is 1. The lowest BCUT2D eigenvalue weighted by molar-refractivity contribution is -0.146. The molecule has 1 aliphatic rings. The average molecular weight is 158 g/mol. The molecule has 0 aromatic carbocycles.